The van der Waals surface area contributed by atoms with E-state index in [0.717, 1.165) is 32.7 Å². The average molecular weight is 309 g/mol. The summed E-state index contributed by atoms with van der Waals surface area (Å²) >= 11 is 3.51. The van der Waals surface area contributed by atoms with Gasteiger partial charge in [-0.1, -0.05) is 34.1 Å². The maximum Gasteiger partial charge on any atom is 0.107 e. The monoisotopic (exact) mass is 308 g/mol. The van der Waals surface area contributed by atoms with Gasteiger partial charge in [-0.25, -0.2) is 0 Å². The molecule has 1 heterocycles. The van der Waals surface area contributed by atoms with Gasteiger partial charge in [0.15, 0.2) is 0 Å². The molecular weight excluding hydrogens is 292 g/mol. The number of aliphatic hydroxyl groups excluding tert-OH is 1. The van der Waals surface area contributed by atoms with Crippen LogP contribution in [-0.2, 0) is 6.42 Å². The Morgan fingerprint density at radius 2 is 1.83 bits per heavy atom. The Hall–Kier alpha value is -1.06. The number of hydrogen-bond donors (Lipinski definition) is 1. The molecule has 0 aliphatic rings. The summed E-state index contributed by atoms with van der Waals surface area (Å²) in [7, 11) is 0. The number of benzene rings is 1. The topological polar surface area (TPSA) is 33.4 Å². The van der Waals surface area contributed by atoms with E-state index in [4.69, 9.17) is 4.42 Å². The highest BCUT2D eigenvalue weighted by Gasteiger charge is 2.19. The molecule has 0 amide bonds. The molecule has 1 atom stereocenters. The van der Waals surface area contributed by atoms with Crippen molar-refractivity contribution in [3.63, 3.8) is 0 Å². The first-order valence-electron chi connectivity index (χ1n) is 5.98. The molecule has 1 aromatic carbocycles. The molecule has 1 unspecified atom stereocenters. The van der Waals surface area contributed by atoms with Gasteiger partial charge in [0.25, 0.3) is 0 Å². The van der Waals surface area contributed by atoms with Crippen LogP contribution in [0.15, 0.2) is 33.2 Å². The van der Waals surface area contributed by atoms with E-state index >= 15 is 0 Å². The molecule has 1 aromatic heterocycles. The van der Waals surface area contributed by atoms with Crippen LogP contribution in [0, 0.1) is 20.8 Å². The maximum absolute atomic E-state index is 10.4. The summed E-state index contributed by atoms with van der Waals surface area (Å²) in [5, 5.41) is 10.4. The Kier molecular flexibility index (Phi) is 3.93. The minimum atomic E-state index is -0.527. The number of hydrogen-bond acceptors (Lipinski definition) is 2. The number of aliphatic hydroxyl groups is 1. The van der Waals surface area contributed by atoms with E-state index in [2.05, 4.69) is 15.9 Å². The van der Waals surface area contributed by atoms with E-state index in [0.29, 0.717) is 6.42 Å². The zero-order valence-corrected chi connectivity index (χ0v) is 12.4. The largest absolute Gasteiger partial charge is 0.466 e. The lowest BCUT2D eigenvalue weighted by Gasteiger charge is -2.12. The molecule has 0 aliphatic carbocycles. The first-order valence-corrected chi connectivity index (χ1v) is 6.78. The summed E-state index contributed by atoms with van der Waals surface area (Å²) in [5.74, 6) is 1.69. The molecule has 0 bridgehead atoms. The number of rotatable bonds is 3. The molecule has 0 spiro atoms. The molecule has 1 N–H and O–H groups in total. The summed E-state index contributed by atoms with van der Waals surface area (Å²) in [4.78, 5) is 0. The molecule has 0 saturated carbocycles. The van der Waals surface area contributed by atoms with Crippen molar-refractivity contribution < 1.29 is 9.52 Å². The van der Waals surface area contributed by atoms with Crippen LogP contribution >= 0.6 is 15.9 Å². The zero-order chi connectivity index (χ0) is 13.3. The predicted octanol–water partition coefficient (Wildman–Crippen LogP) is 4.24. The second-order valence-corrected chi connectivity index (χ2v) is 5.42. The van der Waals surface area contributed by atoms with Gasteiger partial charge in [-0.05, 0) is 38.0 Å². The van der Waals surface area contributed by atoms with Gasteiger partial charge in [0.1, 0.15) is 11.5 Å². The van der Waals surface area contributed by atoms with Crippen LogP contribution < -0.4 is 0 Å². The van der Waals surface area contributed by atoms with Crippen LogP contribution in [0.2, 0.25) is 0 Å². The van der Waals surface area contributed by atoms with Gasteiger partial charge >= 0.3 is 0 Å². The van der Waals surface area contributed by atoms with Crippen LogP contribution in [0.5, 0.6) is 0 Å². The first kappa shape index (κ1) is 13.4. The standard InChI is InChI=1S/C15H17BrO2/c1-9-10(2)18-11(3)15(9)14(17)8-12-6-4-5-7-13(12)16/h4-7,14,17H,8H2,1-3H3. The Bertz CT molecular complexity index is 558. The van der Waals surface area contributed by atoms with Gasteiger partial charge in [-0.3, -0.25) is 0 Å². The highest BCUT2D eigenvalue weighted by Crippen LogP contribution is 2.30. The van der Waals surface area contributed by atoms with E-state index in [1.807, 2.05) is 45.0 Å². The Morgan fingerprint density at radius 1 is 1.17 bits per heavy atom. The molecule has 2 rings (SSSR count). The summed E-state index contributed by atoms with van der Waals surface area (Å²) in [6.07, 6.45) is 0.0587. The van der Waals surface area contributed by atoms with Crippen LogP contribution in [0.4, 0.5) is 0 Å². The molecule has 3 heteroatoms. The molecule has 2 aromatic rings. The molecule has 0 radical (unpaired) electrons. The number of halogens is 1. The van der Waals surface area contributed by atoms with Crippen LogP contribution in [0.25, 0.3) is 0 Å². The van der Waals surface area contributed by atoms with E-state index < -0.39 is 6.10 Å². The minimum Gasteiger partial charge on any atom is -0.466 e. The van der Waals surface area contributed by atoms with E-state index in [9.17, 15) is 5.11 Å². The Morgan fingerprint density at radius 3 is 2.39 bits per heavy atom. The molecule has 96 valence electrons. The average Bonchev–Trinajstić information content (AvgIpc) is 2.56. The Balaban J connectivity index is 2.28. The minimum absolute atomic E-state index is 0.527. The summed E-state index contributed by atoms with van der Waals surface area (Å²) < 4.78 is 6.59. The molecule has 0 aliphatic heterocycles. The third-order valence-corrected chi connectivity index (χ3v) is 4.10. The van der Waals surface area contributed by atoms with Crippen LogP contribution in [0.1, 0.15) is 34.3 Å². The summed E-state index contributed by atoms with van der Waals surface area (Å²) in [6, 6.07) is 7.96. The van der Waals surface area contributed by atoms with Crippen molar-refractivity contribution in [1.82, 2.24) is 0 Å². The lowest BCUT2D eigenvalue weighted by Crippen LogP contribution is -2.04. The van der Waals surface area contributed by atoms with Crippen molar-refractivity contribution in [2.45, 2.75) is 33.3 Å². The van der Waals surface area contributed by atoms with Gasteiger partial charge < -0.3 is 9.52 Å². The summed E-state index contributed by atoms with van der Waals surface area (Å²) in [6.45, 7) is 5.82. The quantitative estimate of drug-likeness (QED) is 0.920. The third-order valence-electron chi connectivity index (χ3n) is 3.32. The second-order valence-electron chi connectivity index (χ2n) is 4.56. The van der Waals surface area contributed by atoms with Gasteiger partial charge in [0.05, 0.1) is 6.10 Å². The first-order chi connectivity index (χ1) is 8.50. The zero-order valence-electron chi connectivity index (χ0n) is 10.8. The van der Waals surface area contributed by atoms with Gasteiger partial charge in [-0.15, -0.1) is 0 Å². The molecule has 18 heavy (non-hydrogen) atoms. The van der Waals surface area contributed by atoms with E-state index in [-0.39, 0.29) is 0 Å². The second kappa shape index (κ2) is 5.29. The number of aryl methyl sites for hydroxylation is 2. The van der Waals surface area contributed by atoms with Crippen LogP contribution in [-0.4, -0.2) is 5.11 Å². The highest BCUT2D eigenvalue weighted by atomic mass is 79.9. The smallest absolute Gasteiger partial charge is 0.107 e. The van der Waals surface area contributed by atoms with Crippen molar-refractivity contribution in [3.8, 4) is 0 Å². The maximum atomic E-state index is 10.4. The fourth-order valence-corrected chi connectivity index (χ4v) is 2.72. The fraction of sp³-hybridized carbons (Fsp3) is 0.333. The van der Waals surface area contributed by atoms with Crippen molar-refractivity contribution in [2.24, 2.45) is 0 Å². The van der Waals surface area contributed by atoms with E-state index in [1.165, 1.54) is 0 Å². The van der Waals surface area contributed by atoms with Crippen LogP contribution in [0.3, 0.4) is 0 Å². The van der Waals surface area contributed by atoms with Gasteiger partial charge in [0, 0.05) is 16.5 Å². The lowest BCUT2D eigenvalue weighted by molar-refractivity contribution is 0.175. The molecule has 2 nitrogen and oxygen atoms in total. The van der Waals surface area contributed by atoms with E-state index in [1.54, 1.807) is 0 Å². The Labute approximate surface area is 116 Å². The molecule has 0 fully saturated rings. The highest BCUT2D eigenvalue weighted by molar-refractivity contribution is 9.10. The number of furan rings is 1. The van der Waals surface area contributed by atoms with Gasteiger partial charge in [-0.2, -0.15) is 0 Å². The van der Waals surface area contributed by atoms with Crippen molar-refractivity contribution in [1.29, 1.82) is 0 Å². The predicted molar refractivity (Wildman–Crippen MR) is 75.7 cm³/mol. The summed E-state index contributed by atoms with van der Waals surface area (Å²) in [5.41, 5.74) is 3.07. The van der Waals surface area contributed by atoms with Gasteiger partial charge in [0.2, 0.25) is 0 Å². The van der Waals surface area contributed by atoms with Crippen molar-refractivity contribution in [3.05, 3.63) is 56.9 Å². The van der Waals surface area contributed by atoms with Crippen molar-refractivity contribution >= 4 is 15.9 Å². The fourth-order valence-electron chi connectivity index (χ4n) is 2.27. The molecule has 0 saturated heterocycles. The lowest BCUT2D eigenvalue weighted by atomic mass is 9.98. The van der Waals surface area contributed by atoms with Crippen molar-refractivity contribution in [2.75, 3.05) is 0 Å². The normalized spacial score (nSPS) is 12.7. The third kappa shape index (κ3) is 2.52. The molecular formula is C15H17BrO2. The SMILES string of the molecule is Cc1oc(C)c(C(O)Cc2ccccc2Br)c1C.